The first kappa shape index (κ1) is 10.7. The lowest BCUT2D eigenvalue weighted by atomic mass is 9.87. The van der Waals surface area contributed by atoms with E-state index in [4.69, 9.17) is 4.74 Å². The van der Waals surface area contributed by atoms with Crippen molar-refractivity contribution in [3.63, 3.8) is 0 Å². The minimum absolute atomic E-state index is 0.0323. The first-order valence-corrected chi connectivity index (χ1v) is 5.16. The summed E-state index contributed by atoms with van der Waals surface area (Å²) >= 11 is 0. The summed E-state index contributed by atoms with van der Waals surface area (Å²) < 4.78 is 18.5. The Kier molecular flexibility index (Phi) is 4.43. The molecule has 1 aliphatic rings. The molecule has 1 aliphatic heterocycles. The fourth-order valence-electron chi connectivity index (χ4n) is 1.72. The van der Waals surface area contributed by atoms with E-state index in [0.717, 1.165) is 26.1 Å². The summed E-state index contributed by atoms with van der Waals surface area (Å²) in [6, 6.07) is 0. The molecule has 2 atom stereocenters. The molecule has 0 amide bonds. The highest BCUT2D eigenvalue weighted by atomic mass is 19.1. The zero-order chi connectivity index (χ0) is 9.68. The second-order valence-electron chi connectivity index (χ2n) is 3.86. The van der Waals surface area contributed by atoms with E-state index in [1.165, 1.54) is 0 Å². The second kappa shape index (κ2) is 5.38. The predicted octanol–water partition coefficient (Wildman–Crippen LogP) is 3.31. The van der Waals surface area contributed by atoms with Gasteiger partial charge in [0.2, 0.25) is 0 Å². The van der Waals surface area contributed by atoms with Gasteiger partial charge in [0, 0.05) is 13.0 Å². The van der Waals surface area contributed by atoms with E-state index in [9.17, 15) is 4.39 Å². The third-order valence-electron chi connectivity index (χ3n) is 2.74. The van der Waals surface area contributed by atoms with E-state index in [0.29, 0.717) is 18.3 Å². The molecular formula is C11H19FO. The van der Waals surface area contributed by atoms with Gasteiger partial charge in [0.1, 0.15) is 0 Å². The van der Waals surface area contributed by atoms with Crippen molar-refractivity contribution in [2.45, 2.75) is 33.1 Å². The van der Waals surface area contributed by atoms with Gasteiger partial charge in [0.25, 0.3) is 0 Å². The van der Waals surface area contributed by atoms with Gasteiger partial charge in [0.15, 0.2) is 0 Å². The Hall–Kier alpha value is -0.370. The van der Waals surface area contributed by atoms with Crippen molar-refractivity contribution >= 4 is 0 Å². The van der Waals surface area contributed by atoms with Gasteiger partial charge in [-0.25, -0.2) is 4.39 Å². The van der Waals surface area contributed by atoms with Crippen LogP contribution in [0.25, 0.3) is 0 Å². The summed E-state index contributed by atoms with van der Waals surface area (Å²) in [5.74, 6) is 1.02. The highest BCUT2D eigenvalue weighted by Gasteiger charge is 2.22. The van der Waals surface area contributed by atoms with Crippen LogP contribution in [0.4, 0.5) is 4.39 Å². The SMILES string of the molecule is CCC=C(F)CC1COCCC1C. The van der Waals surface area contributed by atoms with E-state index in [2.05, 4.69) is 6.92 Å². The molecular weight excluding hydrogens is 167 g/mol. The van der Waals surface area contributed by atoms with Crippen LogP contribution in [0.5, 0.6) is 0 Å². The molecule has 76 valence electrons. The van der Waals surface area contributed by atoms with Crippen LogP contribution in [0, 0.1) is 11.8 Å². The van der Waals surface area contributed by atoms with E-state index >= 15 is 0 Å². The van der Waals surface area contributed by atoms with Crippen LogP contribution >= 0.6 is 0 Å². The Morgan fingerprint density at radius 2 is 2.38 bits per heavy atom. The first-order valence-electron chi connectivity index (χ1n) is 5.16. The number of ether oxygens (including phenoxy) is 1. The molecule has 0 aromatic rings. The Labute approximate surface area is 80.0 Å². The summed E-state index contributed by atoms with van der Waals surface area (Å²) in [7, 11) is 0. The third-order valence-corrected chi connectivity index (χ3v) is 2.74. The van der Waals surface area contributed by atoms with Crippen molar-refractivity contribution in [2.75, 3.05) is 13.2 Å². The van der Waals surface area contributed by atoms with Crippen molar-refractivity contribution in [2.24, 2.45) is 11.8 Å². The quantitative estimate of drug-likeness (QED) is 0.657. The number of halogens is 1. The fraction of sp³-hybridized carbons (Fsp3) is 0.818. The van der Waals surface area contributed by atoms with Crippen molar-refractivity contribution in [1.29, 1.82) is 0 Å². The summed E-state index contributed by atoms with van der Waals surface area (Å²) in [5, 5.41) is 0. The highest BCUT2D eigenvalue weighted by molar-refractivity contribution is 4.93. The molecule has 0 aliphatic carbocycles. The van der Waals surface area contributed by atoms with Crippen LogP contribution in [0.15, 0.2) is 11.9 Å². The molecule has 0 bridgehead atoms. The van der Waals surface area contributed by atoms with Crippen LogP contribution < -0.4 is 0 Å². The van der Waals surface area contributed by atoms with Gasteiger partial charge in [-0.15, -0.1) is 0 Å². The molecule has 1 nitrogen and oxygen atoms in total. The number of allylic oxidation sites excluding steroid dienone is 2. The van der Waals surface area contributed by atoms with Crippen molar-refractivity contribution in [1.82, 2.24) is 0 Å². The van der Waals surface area contributed by atoms with E-state index in [-0.39, 0.29) is 5.83 Å². The van der Waals surface area contributed by atoms with Crippen LogP contribution in [-0.2, 0) is 4.74 Å². The van der Waals surface area contributed by atoms with Crippen molar-refractivity contribution in [3.8, 4) is 0 Å². The molecule has 2 heteroatoms. The highest BCUT2D eigenvalue weighted by Crippen LogP contribution is 2.27. The van der Waals surface area contributed by atoms with Gasteiger partial charge in [-0.2, -0.15) is 0 Å². The molecule has 0 radical (unpaired) electrons. The van der Waals surface area contributed by atoms with Crippen molar-refractivity contribution in [3.05, 3.63) is 11.9 Å². The normalized spacial score (nSPS) is 30.5. The van der Waals surface area contributed by atoms with Gasteiger partial charge < -0.3 is 4.74 Å². The molecule has 0 saturated carbocycles. The molecule has 0 aromatic carbocycles. The van der Waals surface area contributed by atoms with Crippen LogP contribution in [0.1, 0.15) is 33.1 Å². The summed E-state index contributed by atoms with van der Waals surface area (Å²) in [6.07, 6.45) is 4.09. The molecule has 0 spiro atoms. The standard InChI is InChI=1S/C11H19FO/c1-3-4-11(12)7-10-8-13-6-5-9(10)2/h4,9-10H,3,5-8H2,1-2H3. The second-order valence-corrected chi connectivity index (χ2v) is 3.86. The largest absolute Gasteiger partial charge is 0.381 e. The summed E-state index contributed by atoms with van der Waals surface area (Å²) in [5.41, 5.74) is 0. The number of hydrogen-bond acceptors (Lipinski definition) is 1. The van der Waals surface area contributed by atoms with E-state index in [1.807, 2.05) is 6.92 Å². The maximum absolute atomic E-state index is 13.2. The lowest BCUT2D eigenvalue weighted by Crippen LogP contribution is -2.25. The van der Waals surface area contributed by atoms with Gasteiger partial charge in [0.05, 0.1) is 12.4 Å². The molecule has 1 heterocycles. The topological polar surface area (TPSA) is 9.23 Å². The average molecular weight is 186 g/mol. The molecule has 13 heavy (non-hydrogen) atoms. The monoisotopic (exact) mass is 186 g/mol. The van der Waals surface area contributed by atoms with E-state index < -0.39 is 0 Å². The minimum atomic E-state index is 0.0323. The first-order chi connectivity index (χ1) is 6.24. The lowest BCUT2D eigenvalue weighted by molar-refractivity contribution is 0.0210. The molecule has 0 N–H and O–H groups in total. The average Bonchev–Trinajstić information content (AvgIpc) is 2.09. The fourth-order valence-corrected chi connectivity index (χ4v) is 1.72. The van der Waals surface area contributed by atoms with E-state index in [1.54, 1.807) is 6.08 Å². The van der Waals surface area contributed by atoms with Crippen LogP contribution in [0.3, 0.4) is 0 Å². The Bertz CT molecular complexity index is 177. The summed E-state index contributed by atoms with van der Waals surface area (Å²) in [6.45, 7) is 5.72. The lowest BCUT2D eigenvalue weighted by Gasteiger charge is -2.28. The maximum atomic E-state index is 13.2. The Morgan fingerprint density at radius 1 is 1.62 bits per heavy atom. The third kappa shape index (κ3) is 3.47. The Morgan fingerprint density at radius 3 is 3.00 bits per heavy atom. The molecule has 2 unspecified atom stereocenters. The predicted molar refractivity (Wildman–Crippen MR) is 52.2 cm³/mol. The van der Waals surface area contributed by atoms with Crippen LogP contribution in [0.2, 0.25) is 0 Å². The summed E-state index contributed by atoms with van der Waals surface area (Å²) in [4.78, 5) is 0. The van der Waals surface area contributed by atoms with Crippen molar-refractivity contribution < 1.29 is 9.13 Å². The number of hydrogen-bond donors (Lipinski definition) is 0. The zero-order valence-corrected chi connectivity index (χ0v) is 8.55. The Balaban J connectivity index is 2.37. The molecule has 1 rings (SSSR count). The van der Waals surface area contributed by atoms with Gasteiger partial charge in [-0.05, 0) is 24.7 Å². The maximum Gasteiger partial charge on any atom is 0.0963 e. The molecule has 1 fully saturated rings. The number of rotatable bonds is 3. The van der Waals surface area contributed by atoms with Crippen LogP contribution in [-0.4, -0.2) is 13.2 Å². The zero-order valence-electron chi connectivity index (χ0n) is 8.55. The van der Waals surface area contributed by atoms with Gasteiger partial charge >= 0.3 is 0 Å². The molecule has 1 saturated heterocycles. The van der Waals surface area contributed by atoms with Gasteiger partial charge in [-0.3, -0.25) is 0 Å². The molecule has 0 aromatic heterocycles. The van der Waals surface area contributed by atoms with Gasteiger partial charge in [-0.1, -0.05) is 19.9 Å². The smallest absolute Gasteiger partial charge is 0.0963 e. The minimum Gasteiger partial charge on any atom is -0.381 e.